The zero-order valence-corrected chi connectivity index (χ0v) is 22.9. The second kappa shape index (κ2) is 10.8. The number of aliphatic carboxylic acids is 1. The lowest BCUT2D eigenvalue weighted by Gasteiger charge is -2.29. The summed E-state index contributed by atoms with van der Waals surface area (Å²) in [7, 11) is -5.47. The third-order valence-corrected chi connectivity index (χ3v) is 9.36. The summed E-state index contributed by atoms with van der Waals surface area (Å²) in [5.41, 5.74) is 0.263. The second-order valence-electron chi connectivity index (χ2n) is 8.45. The molecule has 12 heteroatoms. The average Bonchev–Trinajstić information content (AvgIpc) is 2.94. The number of carboxylic acids is 1. The molecule has 0 amide bonds. The van der Waals surface area contributed by atoms with Crippen molar-refractivity contribution in [1.29, 1.82) is 0 Å². The van der Waals surface area contributed by atoms with Crippen LogP contribution in [0.5, 0.6) is 11.5 Å². The lowest BCUT2D eigenvalue weighted by molar-refractivity contribution is -0.137. The van der Waals surface area contributed by atoms with E-state index >= 15 is 0 Å². The summed E-state index contributed by atoms with van der Waals surface area (Å²) < 4.78 is 67.3. The minimum atomic E-state index is -4.37. The van der Waals surface area contributed by atoms with Crippen LogP contribution < -0.4 is 18.5 Å². The molecule has 10 nitrogen and oxygen atoms in total. The predicted molar refractivity (Wildman–Crippen MR) is 148 cm³/mol. The number of hydrogen-bond donors (Lipinski definition) is 2. The van der Waals surface area contributed by atoms with Gasteiger partial charge in [0.25, 0.3) is 20.0 Å². The molecule has 204 valence electrons. The minimum absolute atomic E-state index is 0.000308. The van der Waals surface area contributed by atoms with Gasteiger partial charge >= 0.3 is 5.97 Å². The van der Waals surface area contributed by atoms with Crippen molar-refractivity contribution in [3.63, 3.8) is 0 Å². The zero-order chi connectivity index (χ0) is 28.4. The molecule has 0 aliphatic heterocycles. The van der Waals surface area contributed by atoms with Gasteiger partial charge in [0.15, 0.2) is 0 Å². The van der Waals surface area contributed by atoms with E-state index in [0.717, 1.165) is 4.31 Å². The quantitative estimate of drug-likeness (QED) is 0.287. The van der Waals surface area contributed by atoms with Crippen LogP contribution in [0.3, 0.4) is 0 Å². The highest BCUT2D eigenvalue weighted by Gasteiger charge is 2.34. The molecular weight excluding hydrogens is 544 g/mol. The van der Waals surface area contributed by atoms with Gasteiger partial charge in [-0.15, -0.1) is 0 Å². The lowest BCUT2D eigenvalue weighted by Crippen LogP contribution is -2.43. The number of carbonyl (C=O) groups is 1. The smallest absolute Gasteiger partial charge is 0.327 e. The maximum atomic E-state index is 13.8. The van der Waals surface area contributed by atoms with Crippen LogP contribution in [0.1, 0.15) is 6.92 Å². The first kappa shape index (κ1) is 27.7. The van der Waals surface area contributed by atoms with E-state index in [2.05, 4.69) is 4.72 Å². The summed E-state index contributed by atoms with van der Waals surface area (Å²) in [6, 6.07) is 19.3. The summed E-state index contributed by atoms with van der Waals surface area (Å²) >= 11 is 0. The Kier molecular flexibility index (Phi) is 7.70. The highest BCUT2D eigenvalue weighted by molar-refractivity contribution is 7.93. The first-order chi connectivity index (χ1) is 18.5. The van der Waals surface area contributed by atoms with Crippen LogP contribution in [-0.2, 0) is 24.8 Å². The zero-order valence-electron chi connectivity index (χ0n) is 21.2. The molecule has 0 aromatic heterocycles. The van der Waals surface area contributed by atoms with Gasteiger partial charge in [-0.3, -0.25) is 9.03 Å². The van der Waals surface area contributed by atoms with Crippen LogP contribution in [0.15, 0.2) is 94.7 Å². The van der Waals surface area contributed by atoms with Crippen LogP contribution in [0.25, 0.3) is 10.8 Å². The maximum Gasteiger partial charge on any atom is 0.327 e. The van der Waals surface area contributed by atoms with Gasteiger partial charge < -0.3 is 14.6 Å². The first-order valence-corrected chi connectivity index (χ1v) is 14.5. The number of anilines is 2. The van der Waals surface area contributed by atoms with E-state index in [1.165, 1.54) is 81.8 Å². The molecule has 4 aromatic rings. The van der Waals surface area contributed by atoms with Crippen molar-refractivity contribution in [2.45, 2.75) is 22.8 Å². The molecular formula is C27H26N2O8S2. The summed E-state index contributed by atoms with van der Waals surface area (Å²) in [6.45, 7) is 1.26. The summed E-state index contributed by atoms with van der Waals surface area (Å²) in [6.07, 6.45) is 0. The van der Waals surface area contributed by atoms with Crippen LogP contribution in [0.4, 0.5) is 11.4 Å². The number of rotatable bonds is 10. The van der Waals surface area contributed by atoms with Crippen LogP contribution in [0, 0.1) is 0 Å². The monoisotopic (exact) mass is 570 g/mol. The van der Waals surface area contributed by atoms with E-state index in [0.29, 0.717) is 22.3 Å². The Hall–Kier alpha value is -4.29. The van der Waals surface area contributed by atoms with Gasteiger partial charge in [-0.25, -0.2) is 21.6 Å². The van der Waals surface area contributed by atoms with Crippen LogP contribution in [-0.4, -0.2) is 48.2 Å². The molecule has 0 bridgehead atoms. The molecule has 39 heavy (non-hydrogen) atoms. The molecule has 0 fully saturated rings. The second-order valence-corrected chi connectivity index (χ2v) is 11.9. The Morgan fingerprint density at radius 1 is 0.769 bits per heavy atom. The van der Waals surface area contributed by atoms with Crippen LogP contribution in [0.2, 0.25) is 0 Å². The number of nitrogens with one attached hydrogen (secondary N) is 1. The molecule has 0 heterocycles. The Bertz CT molecular complexity index is 1720. The number of hydrogen-bond acceptors (Lipinski definition) is 7. The first-order valence-electron chi connectivity index (χ1n) is 11.6. The van der Waals surface area contributed by atoms with Crippen molar-refractivity contribution in [3.8, 4) is 11.5 Å². The Morgan fingerprint density at radius 3 is 1.79 bits per heavy atom. The standard InChI is InChI=1S/C27H26N2O8S2/c1-18(27(30)31)29(39(34,35)22-14-10-20(37-3)11-15-22)26-17-16-25(23-6-4-5-7-24(23)26)28-38(32,33)21-12-8-19(36-2)9-13-21/h4-18,28H,1-3H3,(H,30,31)/t18-/m0/s1. The fourth-order valence-electron chi connectivity index (χ4n) is 4.03. The number of sulfonamides is 2. The maximum absolute atomic E-state index is 13.8. The van der Waals surface area contributed by atoms with Gasteiger partial charge in [0, 0.05) is 10.8 Å². The van der Waals surface area contributed by atoms with E-state index in [9.17, 15) is 26.7 Å². The molecule has 0 aliphatic carbocycles. The minimum Gasteiger partial charge on any atom is -0.497 e. The predicted octanol–water partition coefficient (Wildman–Crippen LogP) is 4.33. The van der Waals surface area contributed by atoms with E-state index in [4.69, 9.17) is 9.47 Å². The number of ether oxygens (including phenoxy) is 2. The lowest BCUT2D eigenvalue weighted by atomic mass is 10.1. The molecule has 0 saturated heterocycles. The van der Waals surface area contributed by atoms with E-state index in [1.807, 2.05) is 0 Å². The summed E-state index contributed by atoms with van der Waals surface area (Å²) in [4.78, 5) is 11.9. The van der Waals surface area contributed by atoms with Crippen molar-refractivity contribution in [2.75, 3.05) is 23.2 Å². The third kappa shape index (κ3) is 5.47. The molecule has 2 N–H and O–H groups in total. The Balaban J connectivity index is 1.84. The van der Waals surface area contributed by atoms with Crippen molar-refractivity contribution < 1.29 is 36.2 Å². The topological polar surface area (TPSA) is 139 Å². The van der Waals surface area contributed by atoms with Crippen molar-refractivity contribution in [3.05, 3.63) is 84.9 Å². The SMILES string of the molecule is COc1ccc(S(=O)(=O)Nc2ccc(N([C@@H](C)C(=O)O)S(=O)(=O)c3ccc(OC)cc3)c3ccccc23)cc1. The fourth-order valence-corrected chi connectivity index (χ4v) is 6.74. The Morgan fingerprint density at radius 2 is 1.28 bits per heavy atom. The number of nitrogens with zero attached hydrogens (tertiary/aromatic N) is 1. The van der Waals surface area contributed by atoms with Gasteiger partial charge in [0.05, 0.1) is 35.4 Å². The number of benzene rings is 4. The third-order valence-electron chi connectivity index (χ3n) is 6.08. The molecule has 1 atom stereocenters. The summed E-state index contributed by atoms with van der Waals surface area (Å²) in [5, 5.41) is 10.5. The molecule has 0 spiro atoms. The molecule has 4 aromatic carbocycles. The average molecular weight is 571 g/mol. The van der Waals surface area contributed by atoms with Gasteiger partial charge in [-0.1, -0.05) is 24.3 Å². The number of fused-ring (bicyclic) bond motifs is 1. The molecule has 0 aliphatic rings. The van der Waals surface area contributed by atoms with E-state index < -0.39 is 32.1 Å². The summed E-state index contributed by atoms with van der Waals surface area (Å²) in [5.74, 6) is -0.430. The van der Waals surface area contributed by atoms with Crippen LogP contribution >= 0.6 is 0 Å². The van der Waals surface area contributed by atoms with E-state index in [1.54, 1.807) is 24.3 Å². The molecule has 0 radical (unpaired) electrons. The fraction of sp³-hybridized carbons (Fsp3) is 0.148. The van der Waals surface area contributed by atoms with Crippen molar-refractivity contribution in [2.24, 2.45) is 0 Å². The van der Waals surface area contributed by atoms with Gasteiger partial charge in [0.2, 0.25) is 0 Å². The van der Waals surface area contributed by atoms with Gasteiger partial charge in [-0.2, -0.15) is 0 Å². The molecule has 0 unspecified atom stereocenters. The largest absolute Gasteiger partial charge is 0.497 e. The van der Waals surface area contributed by atoms with Gasteiger partial charge in [0.1, 0.15) is 17.5 Å². The van der Waals surface area contributed by atoms with Crippen molar-refractivity contribution >= 4 is 48.2 Å². The highest BCUT2D eigenvalue weighted by Crippen LogP contribution is 2.37. The number of carboxylic acid groups (broad SMARTS) is 1. The normalized spacial score (nSPS) is 12.5. The van der Waals surface area contributed by atoms with Gasteiger partial charge in [-0.05, 0) is 67.6 Å². The molecule has 0 saturated carbocycles. The molecule has 4 rings (SSSR count). The van der Waals surface area contributed by atoms with Crippen molar-refractivity contribution in [1.82, 2.24) is 0 Å². The Labute approximate surface area is 226 Å². The highest BCUT2D eigenvalue weighted by atomic mass is 32.2. The number of methoxy groups -OCH3 is 2. The van der Waals surface area contributed by atoms with E-state index in [-0.39, 0.29) is 21.2 Å².